The van der Waals surface area contributed by atoms with Crippen LogP contribution in [0.25, 0.3) is 0 Å². The van der Waals surface area contributed by atoms with Gasteiger partial charge in [-0.25, -0.2) is 14.5 Å². The van der Waals surface area contributed by atoms with Crippen LogP contribution in [-0.4, -0.2) is 55.0 Å². The lowest BCUT2D eigenvalue weighted by Crippen LogP contribution is -2.35. The molecule has 0 radical (unpaired) electrons. The number of rotatable bonds is 2. The van der Waals surface area contributed by atoms with Gasteiger partial charge in [0.2, 0.25) is 0 Å². The van der Waals surface area contributed by atoms with E-state index in [1.165, 1.54) is 0 Å². The van der Waals surface area contributed by atoms with Gasteiger partial charge in [0.25, 0.3) is 0 Å². The van der Waals surface area contributed by atoms with Gasteiger partial charge in [-0.2, -0.15) is 5.10 Å². The number of aryl methyl sites for hydroxylation is 1. The molecular weight excluding hydrogens is 218 g/mol. The number of hydrogen-bond donors (Lipinski definition) is 4. The zero-order valence-corrected chi connectivity index (χ0v) is 8.57. The van der Waals surface area contributed by atoms with Gasteiger partial charge in [0.1, 0.15) is 24.1 Å². The molecule has 2 heterocycles. The highest BCUT2D eigenvalue weighted by Crippen LogP contribution is 2.28. The fraction of sp³-hybridized carbons (Fsp3) is 0.750. The number of nitrogens with zero attached hydrogens (tertiary/aromatic N) is 2. The Morgan fingerprint density at radius 3 is 2.62 bits per heavy atom. The van der Waals surface area contributed by atoms with Crippen LogP contribution < -0.4 is 5.69 Å². The molecule has 16 heavy (non-hydrogen) atoms. The van der Waals surface area contributed by atoms with Crippen molar-refractivity contribution < 1.29 is 20.1 Å². The number of aliphatic hydroxyl groups is 3. The Morgan fingerprint density at radius 1 is 1.50 bits per heavy atom. The second-order valence-corrected chi connectivity index (χ2v) is 3.67. The number of nitrogens with one attached hydrogen (secondary N) is 1. The summed E-state index contributed by atoms with van der Waals surface area (Å²) in [4.78, 5) is 11.4. The minimum Gasteiger partial charge on any atom is -0.394 e. The molecule has 1 saturated heterocycles. The molecule has 0 saturated carbocycles. The summed E-state index contributed by atoms with van der Waals surface area (Å²) in [5.41, 5.74) is -0.535. The van der Waals surface area contributed by atoms with Crippen molar-refractivity contribution in [2.45, 2.75) is 31.5 Å². The van der Waals surface area contributed by atoms with Gasteiger partial charge in [-0.05, 0) is 6.92 Å². The van der Waals surface area contributed by atoms with E-state index in [0.717, 1.165) is 4.57 Å². The van der Waals surface area contributed by atoms with Crippen LogP contribution in [0.5, 0.6) is 0 Å². The number of aromatic amines is 1. The van der Waals surface area contributed by atoms with Crippen molar-refractivity contribution in [3.05, 3.63) is 16.3 Å². The first-order valence-electron chi connectivity index (χ1n) is 4.82. The van der Waals surface area contributed by atoms with Gasteiger partial charge in [0, 0.05) is 0 Å². The number of aliphatic hydroxyl groups excluding tert-OH is 3. The van der Waals surface area contributed by atoms with Crippen LogP contribution >= 0.6 is 0 Å². The van der Waals surface area contributed by atoms with E-state index >= 15 is 0 Å². The first-order valence-corrected chi connectivity index (χ1v) is 4.82. The summed E-state index contributed by atoms with van der Waals surface area (Å²) in [6, 6.07) is 0. The van der Waals surface area contributed by atoms with Crippen molar-refractivity contribution in [1.82, 2.24) is 14.8 Å². The molecule has 0 bridgehead atoms. The Hall–Kier alpha value is -1.22. The normalized spacial score (nSPS) is 34.5. The second-order valence-electron chi connectivity index (χ2n) is 3.67. The number of hydrogen-bond acceptors (Lipinski definition) is 6. The number of H-pyrrole nitrogens is 1. The van der Waals surface area contributed by atoms with Crippen molar-refractivity contribution in [2.75, 3.05) is 6.61 Å². The smallest absolute Gasteiger partial charge is 0.345 e. The topological polar surface area (TPSA) is 121 Å². The molecule has 2 rings (SSSR count). The summed E-state index contributed by atoms with van der Waals surface area (Å²) in [7, 11) is 0. The molecule has 1 fully saturated rings. The molecule has 8 nitrogen and oxygen atoms in total. The summed E-state index contributed by atoms with van der Waals surface area (Å²) in [6.45, 7) is 1.13. The van der Waals surface area contributed by atoms with Crippen LogP contribution in [0.4, 0.5) is 0 Å². The van der Waals surface area contributed by atoms with E-state index in [1.54, 1.807) is 6.92 Å². The van der Waals surface area contributed by atoms with E-state index in [9.17, 15) is 15.0 Å². The van der Waals surface area contributed by atoms with Crippen molar-refractivity contribution in [3.8, 4) is 0 Å². The predicted octanol–water partition coefficient (Wildman–Crippen LogP) is -2.51. The highest BCUT2D eigenvalue weighted by Gasteiger charge is 2.44. The molecule has 1 aromatic rings. The predicted molar refractivity (Wildman–Crippen MR) is 50.6 cm³/mol. The first-order chi connectivity index (χ1) is 7.56. The van der Waals surface area contributed by atoms with Crippen LogP contribution in [0, 0.1) is 6.92 Å². The Balaban J connectivity index is 2.33. The monoisotopic (exact) mass is 231 g/mol. The summed E-state index contributed by atoms with van der Waals surface area (Å²) in [5.74, 6) is 0.333. The molecule has 1 aromatic heterocycles. The van der Waals surface area contributed by atoms with Crippen LogP contribution in [0.15, 0.2) is 4.79 Å². The lowest BCUT2D eigenvalue weighted by Gasteiger charge is -2.15. The van der Waals surface area contributed by atoms with Gasteiger partial charge >= 0.3 is 5.69 Å². The van der Waals surface area contributed by atoms with Gasteiger partial charge < -0.3 is 20.1 Å². The van der Waals surface area contributed by atoms with Crippen LogP contribution in [0.1, 0.15) is 12.1 Å². The largest absolute Gasteiger partial charge is 0.394 e. The van der Waals surface area contributed by atoms with E-state index in [0.29, 0.717) is 5.82 Å². The van der Waals surface area contributed by atoms with Crippen molar-refractivity contribution >= 4 is 0 Å². The van der Waals surface area contributed by atoms with Crippen LogP contribution in [0.3, 0.4) is 0 Å². The average Bonchev–Trinajstić information content (AvgIpc) is 2.72. The van der Waals surface area contributed by atoms with E-state index in [-0.39, 0.29) is 0 Å². The maximum Gasteiger partial charge on any atom is 0.345 e. The molecule has 4 N–H and O–H groups in total. The van der Waals surface area contributed by atoms with Crippen LogP contribution in [-0.2, 0) is 4.74 Å². The third-order valence-corrected chi connectivity index (χ3v) is 2.65. The SMILES string of the molecule is Cc1n[nH]c(=O)n1[C@@H]1O[C@H](CO)[C@@H](O)[C@H]1O. The van der Waals surface area contributed by atoms with Crippen LogP contribution in [0.2, 0.25) is 0 Å². The standard InChI is InChI=1S/C8H13N3O5/c1-3-9-10-8(15)11(3)7-6(14)5(13)4(2-12)16-7/h4-7,12-14H,2H2,1H3,(H,10,15)/t4-,5-,6-,7-/m1/s1. The maximum atomic E-state index is 11.4. The Labute approximate surface area is 90.1 Å². The van der Waals surface area contributed by atoms with Gasteiger partial charge in [-0.1, -0.05) is 0 Å². The zero-order valence-electron chi connectivity index (χ0n) is 8.57. The van der Waals surface area contributed by atoms with E-state index in [4.69, 9.17) is 9.84 Å². The molecule has 4 atom stereocenters. The van der Waals surface area contributed by atoms with Crippen molar-refractivity contribution in [1.29, 1.82) is 0 Å². The van der Waals surface area contributed by atoms with E-state index < -0.39 is 36.8 Å². The molecule has 8 heteroatoms. The molecule has 0 spiro atoms. The van der Waals surface area contributed by atoms with Gasteiger partial charge in [0.05, 0.1) is 6.61 Å². The summed E-state index contributed by atoms with van der Waals surface area (Å²) in [6.07, 6.45) is -4.43. The second kappa shape index (κ2) is 3.98. The van der Waals surface area contributed by atoms with E-state index in [2.05, 4.69) is 10.2 Å². The number of ether oxygens (including phenoxy) is 1. The molecule has 1 aliphatic heterocycles. The highest BCUT2D eigenvalue weighted by atomic mass is 16.6. The average molecular weight is 231 g/mol. The third-order valence-electron chi connectivity index (χ3n) is 2.65. The van der Waals surface area contributed by atoms with Gasteiger partial charge in [-0.15, -0.1) is 0 Å². The number of aromatic nitrogens is 3. The molecule has 0 unspecified atom stereocenters. The summed E-state index contributed by atoms with van der Waals surface area (Å²) >= 11 is 0. The van der Waals surface area contributed by atoms with E-state index in [1.807, 2.05) is 0 Å². The minimum absolute atomic E-state index is 0.333. The molecule has 0 aromatic carbocycles. The molecule has 0 aliphatic carbocycles. The molecule has 90 valence electrons. The quantitative estimate of drug-likeness (QED) is 0.446. The highest BCUT2D eigenvalue weighted by molar-refractivity contribution is 4.93. The molecule has 1 aliphatic rings. The lowest BCUT2D eigenvalue weighted by atomic mass is 10.1. The molecular formula is C8H13N3O5. The van der Waals surface area contributed by atoms with Gasteiger partial charge in [-0.3, -0.25) is 0 Å². The third kappa shape index (κ3) is 1.55. The van der Waals surface area contributed by atoms with Gasteiger partial charge in [0.15, 0.2) is 6.23 Å². The molecule has 0 amide bonds. The minimum atomic E-state index is -1.27. The Bertz CT molecular complexity index is 428. The Morgan fingerprint density at radius 2 is 2.19 bits per heavy atom. The first kappa shape index (κ1) is 11.3. The Kier molecular flexibility index (Phi) is 2.80. The van der Waals surface area contributed by atoms with Crippen molar-refractivity contribution in [2.24, 2.45) is 0 Å². The summed E-state index contributed by atoms with van der Waals surface area (Å²) < 4.78 is 6.29. The fourth-order valence-corrected chi connectivity index (χ4v) is 1.78. The zero-order chi connectivity index (χ0) is 11.9. The lowest BCUT2D eigenvalue weighted by molar-refractivity contribution is -0.0552. The summed E-state index contributed by atoms with van der Waals surface area (Å²) in [5, 5.41) is 34.0. The maximum absolute atomic E-state index is 11.4. The van der Waals surface area contributed by atoms with Crippen molar-refractivity contribution in [3.63, 3.8) is 0 Å². The fourth-order valence-electron chi connectivity index (χ4n) is 1.78.